The molecule has 4 aromatic rings. The minimum Gasteiger partial charge on any atom is -0.418 e. The predicted octanol–water partition coefficient (Wildman–Crippen LogP) is 5.73. The molecule has 0 bridgehead atoms. The minimum atomic E-state index is -0.375. The van der Waals surface area contributed by atoms with E-state index in [1.54, 1.807) is 24.3 Å². The SMILES string of the molecule is Fc1cccc(-c2nnc([C@@H](Nc3ccccc3)c3ccc(Cl)cc3)o2)c1. The second-order valence-corrected chi connectivity index (χ2v) is 6.39. The Morgan fingerprint density at radius 2 is 1.67 bits per heavy atom. The molecule has 6 heteroatoms. The molecule has 0 radical (unpaired) electrons. The topological polar surface area (TPSA) is 51.0 Å². The molecule has 27 heavy (non-hydrogen) atoms. The molecule has 3 aromatic carbocycles. The molecule has 1 heterocycles. The highest BCUT2D eigenvalue weighted by Gasteiger charge is 2.21. The van der Waals surface area contributed by atoms with Crippen molar-refractivity contribution in [3.8, 4) is 11.5 Å². The highest BCUT2D eigenvalue weighted by Crippen LogP contribution is 2.29. The van der Waals surface area contributed by atoms with E-state index in [2.05, 4.69) is 15.5 Å². The van der Waals surface area contributed by atoms with Gasteiger partial charge >= 0.3 is 0 Å². The van der Waals surface area contributed by atoms with E-state index >= 15 is 0 Å². The zero-order valence-electron chi connectivity index (χ0n) is 14.1. The van der Waals surface area contributed by atoms with Crippen LogP contribution in [0.15, 0.2) is 83.3 Å². The van der Waals surface area contributed by atoms with E-state index in [-0.39, 0.29) is 17.7 Å². The molecule has 0 saturated carbocycles. The van der Waals surface area contributed by atoms with E-state index < -0.39 is 0 Å². The number of hydrogen-bond donors (Lipinski definition) is 1. The van der Waals surface area contributed by atoms with Crippen LogP contribution in [0.4, 0.5) is 10.1 Å². The fourth-order valence-corrected chi connectivity index (χ4v) is 2.86. The molecule has 1 N–H and O–H groups in total. The van der Waals surface area contributed by atoms with Gasteiger partial charge in [-0.05, 0) is 48.0 Å². The molecule has 1 aromatic heterocycles. The lowest BCUT2D eigenvalue weighted by Crippen LogP contribution is -2.12. The molecule has 4 nitrogen and oxygen atoms in total. The molecule has 0 amide bonds. The first-order chi connectivity index (χ1) is 13.2. The van der Waals surface area contributed by atoms with E-state index in [1.807, 2.05) is 42.5 Å². The maximum atomic E-state index is 13.5. The summed E-state index contributed by atoms with van der Waals surface area (Å²) in [6, 6.07) is 22.8. The van der Waals surface area contributed by atoms with E-state index in [0.717, 1.165) is 11.3 Å². The third kappa shape index (κ3) is 3.99. The number of anilines is 1. The van der Waals surface area contributed by atoms with Gasteiger partial charge in [0.15, 0.2) is 0 Å². The molecule has 0 spiro atoms. The van der Waals surface area contributed by atoms with E-state index in [4.69, 9.17) is 16.0 Å². The van der Waals surface area contributed by atoms with Gasteiger partial charge in [0.05, 0.1) is 0 Å². The van der Waals surface area contributed by atoms with Gasteiger partial charge in [-0.1, -0.05) is 48.0 Å². The van der Waals surface area contributed by atoms with Crippen LogP contribution in [0.5, 0.6) is 0 Å². The first kappa shape index (κ1) is 17.2. The van der Waals surface area contributed by atoms with Crippen molar-refractivity contribution in [1.82, 2.24) is 10.2 Å². The highest BCUT2D eigenvalue weighted by molar-refractivity contribution is 6.30. The van der Waals surface area contributed by atoms with Crippen molar-refractivity contribution < 1.29 is 8.81 Å². The molecule has 0 aliphatic rings. The van der Waals surface area contributed by atoms with Crippen LogP contribution >= 0.6 is 11.6 Å². The second-order valence-electron chi connectivity index (χ2n) is 5.95. The Balaban J connectivity index is 1.71. The fourth-order valence-electron chi connectivity index (χ4n) is 2.73. The quantitative estimate of drug-likeness (QED) is 0.481. The number of rotatable bonds is 5. The summed E-state index contributed by atoms with van der Waals surface area (Å²) in [6.07, 6.45) is 0. The fraction of sp³-hybridized carbons (Fsp3) is 0.0476. The van der Waals surface area contributed by atoms with Crippen LogP contribution in [0.25, 0.3) is 11.5 Å². The first-order valence-electron chi connectivity index (χ1n) is 8.35. The summed E-state index contributed by atoms with van der Waals surface area (Å²) < 4.78 is 19.4. The lowest BCUT2D eigenvalue weighted by molar-refractivity contribution is 0.493. The first-order valence-corrected chi connectivity index (χ1v) is 8.73. The van der Waals surface area contributed by atoms with Crippen molar-refractivity contribution >= 4 is 17.3 Å². The van der Waals surface area contributed by atoms with Crippen LogP contribution in [0.3, 0.4) is 0 Å². The number of nitrogens with one attached hydrogen (secondary N) is 1. The molecular weight excluding hydrogens is 365 g/mol. The number of para-hydroxylation sites is 1. The van der Waals surface area contributed by atoms with E-state index in [0.29, 0.717) is 16.5 Å². The summed E-state index contributed by atoms with van der Waals surface area (Å²) in [7, 11) is 0. The van der Waals surface area contributed by atoms with E-state index in [9.17, 15) is 4.39 Å². The number of nitrogens with zero attached hydrogens (tertiary/aromatic N) is 2. The van der Waals surface area contributed by atoms with Crippen LogP contribution < -0.4 is 5.32 Å². The molecule has 134 valence electrons. The zero-order chi connectivity index (χ0) is 18.6. The zero-order valence-corrected chi connectivity index (χ0v) is 14.9. The van der Waals surface area contributed by atoms with Gasteiger partial charge in [-0.2, -0.15) is 0 Å². The standard InChI is InChI=1S/C21H15ClFN3O/c22-16-11-9-14(10-12-16)19(24-18-7-2-1-3-8-18)21-26-25-20(27-21)15-5-4-6-17(23)13-15/h1-13,19,24H/t19-/m0/s1. The van der Waals surface area contributed by atoms with Crippen LogP contribution in [0.2, 0.25) is 5.02 Å². The van der Waals surface area contributed by atoms with Gasteiger partial charge in [-0.15, -0.1) is 10.2 Å². The van der Waals surface area contributed by atoms with Gasteiger partial charge < -0.3 is 9.73 Å². The summed E-state index contributed by atoms with van der Waals surface area (Å²) in [4.78, 5) is 0. The van der Waals surface area contributed by atoms with E-state index in [1.165, 1.54) is 12.1 Å². The number of aromatic nitrogens is 2. The minimum absolute atomic E-state index is 0.262. The molecule has 4 rings (SSSR count). The van der Waals surface area contributed by atoms with Gasteiger partial charge in [0.2, 0.25) is 11.8 Å². The van der Waals surface area contributed by atoms with Crippen LogP contribution in [-0.4, -0.2) is 10.2 Å². The third-order valence-electron chi connectivity index (χ3n) is 4.05. The number of benzene rings is 3. The van der Waals surface area contributed by atoms with Crippen LogP contribution in [0.1, 0.15) is 17.5 Å². The van der Waals surface area contributed by atoms with Gasteiger partial charge in [0.1, 0.15) is 11.9 Å². The Morgan fingerprint density at radius 1 is 0.889 bits per heavy atom. The highest BCUT2D eigenvalue weighted by atomic mass is 35.5. The summed E-state index contributed by atoms with van der Waals surface area (Å²) in [5.41, 5.74) is 2.35. The molecule has 0 aliphatic heterocycles. The lowest BCUT2D eigenvalue weighted by Gasteiger charge is -2.17. The number of halogens is 2. The molecule has 0 aliphatic carbocycles. The average Bonchev–Trinajstić information content (AvgIpc) is 3.18. The van der Waals surface area contributed by atoms with Crippen LogP contribution in [-0.2, 0) is 0 Å². The molecular formula is C21H15ClFN3O. The molecule has 1 atom stereocenters. The maximum Gasteiger partial charge on any atom is 0.247 e. The van der Waals surface area contributed by atoms with Gasteiger partial charge in [0.25, 0.3) is 0 Å². The Bertz CT molecular complexity index is 1030. The average molecular weight is 380 g/mol. The summed E-state index contributed by atoms with van der Waals surface area (Å²) in [5.74, 6) is 0.280. The Labute approximate surface area is 160 Å². The van der Waals surface area contributed by atoms with Crippen molar-refractivity contribution in [2.24, 2.45) is 0 Å². The second kappa shape index (κ2) is 7.60. The summed E-state index contributed by atoms with van der Waals surface area (Å²) >= 11 is 6.01. The van der Waals surface area contributed by atoms with Crippen molar-refractivity contribution in [2.75, 3.05) is 5.32 Å². The van der Waals surface area contributed by atoms with Crippen molar-refractivity contribution in [3.63, 3.8) is 0 Å². The van der Waals surface area contributed by atoms with Crippen molar-refractivity contribution in [2.45, 2.75) is 6.04 Å². The summed E-state index contributed by atoms with van der Waals surface area (Å²) in [6.45, 7) is 0. The maximum absolute atomic E-state index is 13.5. The predicted molar refractivity (Wildman–Crippen MR) is 103 cm³/mol. The Hall–Kier alpha value is -3.18. The Morgan fingerprint density at radius 3 is 2.41 bits per heavy atom. The third-order valence-corrected chi connectivity index (χ3v) is 4.30. The Kier molecular flexibility index (Phi) is 4.85. The van der Waals surface area contributed by atoms with Gasteiger partial charge in [-0.25, -0.2) is 4.39 Å². The van der Waals surface area contributed by atoms with Crippen molar-refractivity contribution in [1.29, 1.82) is 0 Å². The van der Waals surface area contributed by atoms with Gasteiger partial charge in [-0.3, -0.25) is 0 Å². The molecule has 0 fully saturated rings. The van der Waals surface area contributed by atoms with Crippen LogP contribution in [0, 0.1) is 5.82 Å². The molecule has 0 unspecified atom stereocenters. The van der Waals surface area contributed by atoms with Gasteiger partial charge in [0, 0.05) is 16.3 Å². The lowest BCUT2D eigenvalue weighted by atomic mass is 10.1. The normalized spacial score (nSPS) is 11.9. The largest absolute Gasteiger partial charge is 0.418 e. The monoisotopic (exact) mass is 379 g/mol. The van der Waals surface area contributed by atoms with Crippen molar-refractivity contribution in [3.05, 3.63) is 101 Å². The molecule has 0 saturated heterocycles. The number of hydrogen-bond acceptors (Lipinski definition) is 4. The summed E-state index contributed by atoms with van der Waals surface area (Å²) in [5, 5.41) is 12.3. The smallest absolute Gasteiger partial charge is 0.247 e.